The van der Waals surface area contributed by atoms with E-state index >= 15 is 0 Å². The molecule has 1 unspecified atom stereocenters. The Balaban J connectivity index is 1.99. The summed E-state index contributed by atoms with van der Waals surface area (Å²) in [5.41, 5.74) is 2.49. The molecule has 0 radical (unpaired) electrons. The van der Waals surface area contributed by atoms with Crippen molar-refractivity contribution in [2.24, 2.45) is 0 Å². The van der Waals surface area contributed by atoms with Crippen LogP contribution in [0.1, 0.15) is 34.8 Å². The zero-order chi connectivity index (χ0) is 18.4. The van der Waals surface area contributed by atoms with Gasteiger partial charge in [0, 0.05) is 12.1 Å². The lowest BCUT2D eigenvalue weighted by atomic mass is 10.1. The predicted octanol–water partition coefficient (Wildman–Crippen LogP) is 4.37. The van der Waals surface area contributed by atoms with Gasteiger partial charge in [0.1, 0.15) is 5.75 Å². The Labute approximate surface area is 146 Å². The van der Waals surface area contributed by atoms with Crippen LogP contribution in [0.2, 0.25) is 0 Å². The number of rotatable bonds is 6. The first-order valence-electron chi connectivity index (χ1n) is 7.94. The molecule has 0 heterocycles. The highest BCUT2D eigenvalue weighted by Crippen LogP contribution is 2.21. The van der Waals surface area contributed by atoms with Crippen LogP contribution >= 0.6 is 0 Å². The molecule has 6 heteroatoms. The monoisotopic (exact) mass is 343 g/mol. The van der Waals surface area contributed by atoms with Crippen LogP contribution in [0.25, 0.3) is 0 Å². The smallest absolute Gasteiger partial charge is 0.414 e. The lowest BCUT2D eigenvalue weighted by Crippen LogP contribution is -2.27. The molecular weight excluding hydrogens is 322 g/mol. The molecule has 0 aliphatic carbocycles. The van der Waals surface area contributed by atoms with Crippen LogP contribution in [-0.4, -0.2) is 23.5 Å². The number of amides is 1. The normalized spacial score (nSPS) is 11.5. The van der Waals surface area contributed by atoms with E-state index in [0.29, 0.717) is 17.9 Å². The maximum atomic E-state index is 12.0. The number of anilines is 1. The maximum absolute atomic E-state index is 12.0. The minimum absolute atomic E-state index is 0.0800. The molecule has 2 aromatic carbocycles. The number of benzene rings is 2. The lowest BCUT2D eigenvalue weighted by Gasteiger charge is -2.19. The molecule has 0 spiro atoms. The van der Waals surface area contributed by atoms with Crippen LogP contribution in [0.3, 0.4) is 0 Å². The number of aromatic carboxylic acids is 1. The molecule has 0 fully saturated rings. The summed E-state index contributed by atoms with van der Waals surface area (Å²) >= 11 is 0. The summed E-state index contributed by atoms with van der Waals surface area (Å²) in [5.74, 6) is -0.417. The highest BCUT2D eigenvalue weighted by molar-refractivity contribution is 5.91. The predicted molar refractivity (Wildman–Crippen MR) is 94.1 cm³/mol. The third kappa shape index (κ3) is 5.24. The van der Waals surface area contributed by atoms with Gasteiger partial charge >= 0.3 is 12.1 Å². The molecule has 0 aliphatic heterocycles. The van der Waals surface area contributed by atoms with Gasteiger partial charge in [-0.05, 0) is 43.7 Å². The van der Waals surface area contributed by atoms with E-state index in [-0.39, 0.29) is 5.56 Å². The van der Waals surface area contributed by atoms with E-state index in [1.54, 1.807) is 12.1 Å². The van der Waals surface area contributed by atoms with E-state index in [2.05, 4.69) is 5.32 Å². The molecule has 132 valence electrons. The van der Waals surface area contributed by atoms with Gasteiger partial charge in [-0.2, -0.15) is 0 Å². The van der Waals surface area contributed by atoms with Crippen molar-refractivity contribution >= 4 is 17.7 Å². The third-order valence-corrected chi connectivity index (χ3v) is 3.52. The molecule has 0 aromatic heterocycles. The van der Waals surface area contributed by atoms with Crippen molar-refractivity contribution in [3.8, 4) is 5.75 Å². The van der Waals surface area contributed by atoms with E-state index in [0.717, 1.165) is 11.1 Å². The van der Waals surface area contributed by atoms with Crippen LogP contribution in [0.5, 0.6) is 5.75 Å². The minimum Gasteiger partial charge on any atom is -0.478 e. The minimum atomic E-state index is -1.07. The van der Waals surface area contributed by atoms with Crippen molar-refractivity contribution in [3.05, 3.63) is 59.2 Å². The van der Waals surface area contributed by atoms with Gasteiger partial charge < -0.3 is 14.6 Å². The summed E-state index contributed by atoms with van der Waals surface area (Å²) in [6.07, 6.45) is -0.987. The standard InChI is InChI=1S/C19H21NO5/c1-4-17(24-16-9-8-12(2)10-13(16)3)25-19(23)20-15-7-5-6-14(11-15)18(21)22/h5-11,17H,4H2,1-3H3,(H,20,23)(H,21,22). The van der Waals surface area contributed by atoms with Gasteiger partial charge in [-0.1, -0.05) is 30.7 Å². The second-order valence-electron chi connectivity index (χ2n) is 5.64. The van der Waals surface area contributed by atoms with Crippen molar-refractivity contribution in [2.45, 2.75) is 33.5 Å². The van der Waals surface area contributed by atoms with E-state index in [1.807, 2.05) is 39.0 Å². The first kappa shape index (κ1) is 18.3. The average molecular weight is 343 g/mol. The highest BCUT2D eigenvalue weighted by atomic mass is 16.7. The first-order chi connectivity index (χ1) is 11.9. The second kappa shape index (κ2) is 8.19. The second-order valence-corrected chi connectivity index (χ2v) is 5.64. The molecule has 2 rings (SSSR count). The zero-order valence-corrected chi connectivity index (χ0v) is 14.4. The van der Waals surface area contributed by atoms with Gasteiger partial charge in [0.2, 0.25) is 6.29 Å². The highest BCUT2D eigenvalue weighted by Gasteiger charge is 2.16. The average Bonchev–Trinajstić information content (AvgIpc) is 2.56. The lowest BCUT2D eigenvalue weighted by molar-refractivity contribution is -0.0286. The van der Waals surface area contributed by atoms with Gasteiger partial charge in [0.25, 0.3) is 0 Å². The fourth-order valence-electron chi connectivity index (χ4n) is 2.26. The Bertz CT molecular complexity index is 772. The Hall–Kier alpha value is -3.02. The quantitative estimate of drug-likeness (QED) is 0.761. The van der Waals surface area contributed by atoms with Crippen LogP contribution < -0.4 is 10.1 Å². The van der Waals surface area contributed by atoms with Crippen molar-refractivity contribution in [1.29, 1.82) is 0 Å². The summed E-state index contributed by atoms with van der Waals surface area (Å²) in [6.45, 7) is 5.75. The van der Waals surface area contributed by atoms with E-state index in [1.165, 1.54) is 12.1 Å². The van der Waals surface area contributed by atoms with Crippen molar-refractivity contribution in [3.63, 3.8) is 0 Å². The molecule has 2 N–H and O–H groups in total. The van der Waals surface area contributed by atoms with Crippen LogP contribution in [0, 0.1) is 13.8 Å². The van der Waals surface area contributed by atoms with Crippen LogP contribution in [0.4, 0.5) is 10.5 Å². The molecule has 0 saturated heterocycles. The number of carbonyl (C=O) groups is 2. The Morgan fingerprint density at radius 2 is 1.92 bits per heavy atom. The Kier molecular flexibility index (Phi) is 6.00. The van der Waals surface area contributed by atoms with Gasteiger partial charge in [-0.25, -0.2) is 9.59 Å². The summed E-state index contributed by atoms with van der Waals surface area (Å²) in [7, 11) is 0. The van der Waals surface area contributed by atoms with E-state index in [4.69, 9.17) is 14.6 Å². The van der Waals surface area contributed by atoms with Gasteiger partial charge in [0.05, 0.1) is 5.56 Å². The summed E-state index contributed by atoms with van der Waals surface area (Å²) in [5, 5.41) is 11.5. The SMILES string of the molecule is CCC(OC(=O)Nc1cccc(C(=O)O)c1)Oc1ccc(C)cc1C. The van der Waals surface area contributed by atoms with Crippen molar-refractivity contribution in [2.75, 3.05) is 5.32 Å². The third-order valence-electron chi connectivity index (χ3n) is 3.52. The maximum Gasteiger partial charge on any atom is 0.414 e. The molecule has 0 saturated carbocycles. The molecule has 0 aliphatic rings. The molecule has 1 amide bonds. The summed E-state index contributed by atoms with van der Waals surface area (Å²) < 4.78 is 11.0. The number of aryl methyl sites for hydroxylation is 2. The number of carbonyl (C=O) groups excluding carboxylic acids is 1. The largest absolute Gasteiger partial charge is 0.478 e. The fraction of sp³-hybridized carbons (Fsp3) is 0.263. The molecule has 6 nitrogen and oxygen atoms in total. The first-order valence-corrected chi connectivity index (χ1v) is 7.94. The van der Waals surface area contributed by atoms with Crippen molar-refractivity contribution in [1.82, 2.24) is 0 Å². The van der Waals surface area contributed by atoms with Gasteiger partial charge in [-0.15, -0.1) is 0 Å². The van der Waals surface area contributed by atoms with Crippen LogP contribution in [0.15, 0.2) is 42.5 Å². The Morgan fingerprint density at radius 3 is 2.56 bits per heavy atom. The van der Waals surface area contributed by atoms with Gasteiger partial charge in [0.15, 0.2) is 0 Å². The van der Waals surface area contributed by atoms with Crippen LogP contribution in [-0.2, 0) is 4.74 Å². The number of hydrogen-bond donors (Lipinski definition) is 2. The number of carboxylic acid groups (broad SMARTS) is 1. The zero-order valence-electron chi connectivity index (χ0n) is 14.4. The number of carboxylic acids is 1. The topological polar surface area (TPSA) is 84.9 Å². The number of ether oxygens (including phenoxy) is 2. The van der Waals surface area contributed by atoms with E-state index < -0.39 is 18.4 Å². The van der Waals surface area contributed by atoms with E-state index in [9.17, 15) is 9.59 Å². The summed E-state index contributed by atoms with van der Waals surface area (Å²) in [4.78, 5) is 23.0. The van der Waals surface area contributed by atoms with Gasteiger partial charge in [-0.3, -0.25) is 5.32 Å². The summed E-state index contributed by atoms with van der Waals surface area (Å²) in [6, 6.07) is 11.7. The molecule has 2 aromatic rings. The molecule has 25 heavy (non-hydrogen) atoms. The number of nitrogens with one attached hydrogen (secondary N) is 1. The number of hydrogen-bond acceptors (Lipinski definition) is 4. The molecular formula is C19H21NO5. The molecule has 0 bridgehead atoms. The van der Waals surface area contributed by atoms with Crippen molar-refractivity contribution < 1.29 is 24.2 Å². The Morgan fingerprint density at radius 1 is 1.16 bits per heavy atom. The fourth-order valence-corrected chi connectivity index (χ4v) is 2.26. The molecule has 1 atom stereocenters.